The summed E-state index contributed by atoms with van der Waals surface area (Å²) in [5.41, 5.74) is -0.633. The van der Waals surface area contributed by atoms with Crippen LogP contribution in [-0.4, -0.2) is 45.7 Å². The minimum Gasteiger partial charge on any atom is -0.420 e. The second-order valence-corrected chi connectivity index (χ2v) is 8.11. The van der Waals surface area contributed by atoms with Gasteiger partial charge in [-0.2, -0.15) is 0 Å². The number of aryl methyl sites for hydroxylation is 1. The fraction of sp³-hybridized carbons (Fsp3) is 0.261. The summed E-state index contributed by atoms with van der Waals surface area (Å²) in [6.07, 6.45) is 3.66. The van der Waals surface area contributed by atoms with Crippen LogP contribution in [0.25, 0.3) is 11.1 Å². The van der Waals surface area contributed by atoms with E-state index < -0.39 is 11.7 Å². The SMILES string of the molecule is Cc1ncc(-c2cc(C(=O)Nc3ccc(OC(F)(F)Cl)cc3)ccc2N2CCC(O)C2)cn1. The van der Waals surface area contributed by atoms with E-state index in [1.807, 2.05) is 6.07 Å². The molecule has 0 aliphatic carbocycles. The molecule has 1 aromatic heterocycles. The van der Waals surface area contributed by atoms with Crippen LogP contribution in [0, 0.1) is 6.92 Å². The molecular formula is C23H21ClF2N4O3. The van der Waals surface area contributed by atoms with Gasteiger partial charge in [0.15, 0.2) is 0 Å². The molecule has 2 aromatic carbocycles. The molecule has 10 heteroatoms. The van der Waals surface area contributed by atoms with Gasteiger partial charge in [0.05, 0.1) is 6.10 Å². The number of nitrogens with zero attached hydrogens (tertiary/aromatic N) is 3. The minimum atomic E-state index is -3.81. The number of alkyl halides is 3. The lowest BCUT2D eigenvalue weighted by Crippen LogP contribution is -2.22. The molecule has 4 rings (SSSR count). The molecule has 1 aliphatic rings. The monoisotopic (exact) mass is 474 g/mol. The first-order valence-corrected chi connectivity index (χ1v) is 10.6. The van der Waals surface area contributed by atoms with E-state index in [9.17, 15) is 18.7 Å². The number of halogens is 3. The summed E-state index contributed by atoms with van der Waals surface area (Å²) >= 11 is 4.76. The van der Waals surface area contributed by atoms with Crippen molar-refractivity contribution >= 4 is 28.9 Å². The summed E-state index contributed by atoms with van der Waals surface area (Å²) in [6, 6.07) is 10.7. The number of β-amino-alcohol motifs (C(OH)–C–C–N with tert-alkyl or cyclic N) is 1. The molecule has 1 saturated heterocycles. The number of nitrogens with one attached hydrogen (secondary N) is 1. The number of anilines is 2. The average molecular weight is 475 g/mol. The van der Waals surface area contributed by atoms with Crippen LogP contribution in [0.15, 0.2) is 54.9 Å². The fourth-order valence-electron chi connectivity index (χ4n) is 3.62. The largest absolute Gasteiger partial charge is 0.487 e. The molecule has 1 atom stereocenters. The van der Waals surface area contributed by atoms with Gasteiger partial charge < -0.3 is 20.1 Å². The molecule has 2 N–H and O–H groups in total. The van der Waals surface area contributed by atoms with Crippen LogP contribution in [-0.2, 0) is 0 Å². The maximum atomic E-state index is 12.9. The lowest BCUT2D eigenvalue weighted by molar-refractivity contribution is -0.0964. The number of benzene rings is 2. The van der Waals surface area contributed by atoms with Gasteiger partial charge in [0.1, 0.15) is 11.6 Å². The molecule has 0 bridgehead atoms. The molecule has 1 aliphatic heterocycles. The first-order chi connectivity index (χ1) is 15.7. The summed E-state index contributed by atoms with van der Waals surface area (Å²) < 4.78 is 29.8. The van der Waals surface area contributed by atoms with E-state index in [1.165, 1.54) is 24.3 Å². The highest BCUT2D eigenvalue weighted by Gasteiger charge is 2.27. The number of hydrogen-bond acceptors (Lipinski definition) is 6. The third-order valence-corrected chi connectivity index (χ3v) is 5.28. The highest BCUT2D eigenvalue weighted by atomic mass is 35.5. The third kappa shape index (κ3) is 5.74. The second kappa shape index (κ2) is 9.29. The van der Waals surface area contributed by atoms with Gasteiger partial charge in [-0.3, -0.25) is 4.79 Å². The molecule has 1 fully saturated rings. The van der Waals surface area contributed by atoms with Crippen molar-refractivity contribution in [2.45, 2.75) is 25.0 Å². The van der Waals surface area contributed by atoms with E-state index in [1.54, 1.807) is 31.5 Å². The first-order valence-electron chi connectivity index (χ1n) is 10.2. The molecule has 0 saturated carbocycles. The maximum absolute atomic E-state index is 12.9. The number of amides is 1. The average Bonchev–Trinajstić information content (AvgIpc) is 3.20. The van der Waals surface area contributed by atoms with E-state index in [0.29, 0.717) is 36.6 Å². The predicted octanol–water partition coefficient (Wildman–Crippen LogP) is 4.44. The van der Waals surface area contributed by atoms with Crippen LogP contribution in [0.2, 0.25) is 0 Å². The quantitative estimate of drug-likeness (QED) is 0.513. The first kappa shape index (κ1) is 22.9. The molecule has 0 spiro atoms. The Morgan fingerprint density at radius 3 is 2.52 bits per heavy atom. The van der Waals surface area contributed by atoms with Crippen molar-refractivity contribution in [3.8, 4) is 16.9 Å². The van der Waals surface area contributed by atoms with Gasteiger partial charge >= 0.3 is 5.57 Å². The van der Waals surface area contributed by atoms with Gasteiger partial charge in [0.2, 0.25) is 0 Å². The Morgan fingerprint density at radius 2 is 1.91 bits per heavy atom. The lowest BCUT2D eigenvalue weighted by Gasteiger charge is -2.22. The van der Waals surface area contributed by atoms with Crippen molar-refractivity contribution in [3.63, 3.8) is 0 Å². The minimum absolute atomic E-state index is 0.133. The predicted molar refractivity (Wildman–Crippen MR) is 121 cm³/mol. The number of ether oxygens (including phenoxy) is 1. The van der Waals surface area contributed by atoms with Gasteiger partial charge in [0, 0.05) is 65.1 Å². The maximum Gasteiger partial charge on any atom is 0.487 e. The van der Waals surface area contributed by atoms with Crippen LogP contribution < -0.4 is 15.0 Å². The number of aliphatic hydroxyl groups excluding tert-OH is 1. The second-order valence-electron chi connectivity index (χ2n) is 7.67. The van der Waals surface area contributed by atoms with Crippen LogP contribution in [0.4, 0.5) is 20.2 Å². The highest BCUT2D eigenvalue weighted by Crippen LogP contribution is 2.34. The number of hydrogen-bond donors (Lipinski definition) is 2. The molecule has 2 heterocycles. The Hall–Kier alpha value is -3.30. The zero-order chi connectivity index (χ0) is 23.6. The number of carbonyl (C=O) groups excluding carboxylic acids is 1. The molecular weight excluding hydrogens is 454 g/mol. The number of aromatic nitrogens is 2. The summed E-state index contributed by atoms with van der Waals surface area (Å²) in [5.74, 6) is 0.116. The van der Waals surface area contributed by atoms with E-state index >= 15 is 0 Å². The van der Waals surface area contributed by atoms with Crippen LogP contribution in [0.1, 0.15) is 22.6 Å². The molecule has 33 heavy (non-hydrogen) atoms. The highest BCUT2D eigenvalue weighted by molar-refractivity contribution is 6.20. The van der Waals surface area contributed by atoms with Gasteiger partial charge in [-0.05, 0) is 55.8 Å². The summed E-state index contributed by atoms with van der Waals surface area (Å²) in [6.45, 7) is 2.99. The lowest BCUT2D eigenvalue weighted by atomic mass is 10.0. The van der Waals surface area contributed by atoms with Crippen molar-refractivity contribution in [1.82, 2.24) is 9.97 Å². The van der Waals surface area contributed by atoms with Crippen LogP contribution in [0.5, 0.6) is 5.75 Å². The molecule has 0 radical (unpaired) electrons. The Morgan fingerprint density at radius 1 is 1.21 bits per heavy atom. The van der Waals surface area contributed by atoms with Gasteiger partial charge in [-0.15, -0.1) is 8.78 Å². The Kier molecular flexibility index (Phi) is 6.44. The van der Waals surface area contributed by atoms with E-state index in [4.69, 9.17) is 11.6 Å². The summed E-state index contributed by atoms with van der Waals surface area (Å²) in [5, 5.41) is 12.7. The van der Waals surface area contributed by atoms with Crippen molar-refractivity contribution in [2.24, 2.45) is 0 Å². The molecule has 7 nitrogen and oxygen atoms in total. The van der Waals surface area contributed by atoms with Gasteiger partial charge in [-0.1, -0.05) is 0 Å². The Bertz CT molecular complexity index is 1140. The number of aliphatic hydroxyl groups is 1. The molecule has 3 aromatic rings. The topological polar surface area (TPSA) is 87.6 Å². The van der Waals surface area contributed by atoms with Crippen LogP contribution >= 0.6 is 11.6 Å². The van der Waals surface area contributed by atoms with Crippen LogP contribution in [0.3, 0.4) is 0 Å². The van der Waals surface area contributed by atoms with Gasteiger partial charge in [0.25, 0.3) is 5.91 Å². The van der Waals surface area contributed by atoms with Crippen molar-refractivity contribution in [1.29, 1.82) is 0 Å². The standard InChI is InChI=1S/C23H21ClF2N4O3/c1-14-27-11-16(12-28-14)20-10-15(2-7-21(20)30-9-8-18(31)13-30)22(32)29-17-3-5-19(6-4-17)33-23(24,25)26/h2-7,10-12,18,31H,8-9,13H2,1H3,(H,29,32). The zero-order valence-electron chi connectivity index (χ0n) is 17.6. The third-order valence-electron chi connectivity index (χ3n) is 5.20. The summed E-state index contributed by atoms with van der Waals surface area (Å²) in [4.78, 5) is 23.5. The fourth-order valence-corrected chi connectivity index (χ4v) is 3.71. The van der Waals surface area contributed by atoms with Gasteiger partial charge in [-0.25, -0.2) is 9.97 Å². The number of rotatable bonds is 6. The smallest absolute Gasteiger partial charge is 0.420 e. The van der Waals surface area contributed by atoms with Crippen molar-refractivity contribution in [3.05, 3.63) is 66.2 Å². The van der Waals surface area contributed by atoms with E-state index in [2.05, 4.69) is 24.9 Å². The molecule has 172 valence electrons. The van der Waals surface area contributed by atoms with E-state index in [-0.39, 0.29) is 11.7 Å². The zero-order valence-corrected chi connectivity index (χ0v) is 18.4. The van der Waals surface area contributed by atoms with Crippen molar-refractivity contribution in [2.75, 3.05) is 23.3 Å². The Labute approximate surface area is 194 Å². The van der Waals surface area contributed by atoms with E-state index in [0.717, 1.165) is 16.8 Å². The number of carbonyl (C=O) groups is 1. The Balaban J connectivity index is 1.59. The van der Waals surface area contributed by atoms with Crippen molar-refractivity contribution < 1.29 is 23.4 Å². The molecule has 1 amide bonds. The molecule has 1 unspecified atom stereocenters. The normalized spacial score (nSPS) is 16.0. The summed E-state index contributed by atoms with van der Waals surface area (Å²) in [7, 11) is 0.